The Morgan fingerprint density at radius 2 is 1.61 bits per heavy atom. The molecule has 0 heterocycles. The minimum atomic E-state index is 0. The van der Waals surface area contributed by atoms with Crippen LogP contribution >= 0.6 is 24.0 Å². The lowest BCUT2D eigenvalue weighted by atomic mass is 10.1. The van der Waals surface area contributed by atoms with Crippen molar-refractivity contribution in [2.45, 2.75) is 20.0 Å². The van der Waals surface area contributed by atoms with E-state index in [-0.39, 0.29) is 29.9 Å². The Morgan fingerprint density at radius 3 is 2.14 bits per heavy atom. The highest BCUT2D eigenvalue weighted by Gasteiger charge is 2.07. The minimum Gasteiger partial charge on any atom is -0.497 e. The van der Waals surface area contributed by atoms with Gasteiger partial charge in [0.05, 0.1) is 13.7 Å². The Bertz CT molecular complexity index is 759. The van der Waals surface area contributed by atoms with E-state index in [1.165, 1.54) is 0 Å². The molecule has 6 nitrogen and oxygen atoms in total. The first-order valence-electron chi connectivity index (χ1n) is 8.99. The molecule has 7 heteroatoms. The van der Waals surface area contributed by atoms with Crippen LogP contribution in [0.1, 0.15) is 28.4 Å². The van der Waals surface area contributed by atoms with Crippen LogP contribution in [0.15, 0.2) is 53.5 Å². The first-order chi connectivity index (χ1) is 13.0. The van der Waals surface area contributed by atoms with Crippen LogP contribution in [0.2, 0.25) is 0 Å². The monoisotopic (exact) mass is 496 g/mol. The van der Waals surface area contributed by atoms with Gasteiger partial charge in [-0.05, 0) is 42.3 Å². The summed E-state index contributed by atoms with van der Waals surface area (Å²) in [4.78, 5) is 18.1. The molecular formula is C21H29IN4O2. The highest BCUT2D eigenvalue weighted by Crippen LogP contribution is 2.12. The van der Waals surface area contributed by atoms with E-state index in [2.05, 4.69) is 15.6 Å². The van der Waals surface area contributed by atoms with Gasteiger partial charge < -0.3 is 20.3 Å². The molecule has 0 aliphatic carbocycles. The van der Waals surface area contributed by atoms with Crippen LogP contribution in [-0.4, -0.2) is 44.5 Å². The van der Waals surface area contributed by atoms with E-state index in [0.29, 0.717) is 18.7 Å². The van der Waals surface area contributed by atoms with Gasteiger partial charge >= 0.3 is 0 Å². The number of carbonyl (C=O) groups excluding carboxylic acids is 1. The molecule has 0 aliphatic heterocycles. The maximum absolute atomic E-state index is 11.9. The predicted octanol–water partition coefficient (Wildman–Crippen LogP) is 3.27. The summed E-state index contributed by atoms with van der Waals surface area (Å²) < 4.78 is 5.17. The number of benzene rings is 2. The van der Waals surface area contributed by atoms with Crippen molar-refractivity contribution in [1.82, 2.24) is 15.5 Å². The minimum absolute atomic E-state index is 0. The first kappa shape index (κ1) is 23.7. The summed E-state index contributed by atoms with van der Waals surface area (Å²) >= 11 is 0. The van der Waals surface area contributed by atoms with E-state index in [1.54, 1.807) is 26.1 Å². The molecule has 0 spiro atoms. The van der Waals surface area contributed by atoms with Gasteiger partial charge in [0.1, 0.15) is 5.75 Å². The topological polar surface area (TPSA) is 66.0 Å². The van der Waals surface area contributed by atoms with E-state index in [9.17, 15) is 4.79 Å². The van der Waals surface area contributed by atoms with Crippen molar-refractivity contribution in [3.05, 3.63) is 65.2 Å². The van der Waals surface area contributed by atoms with Crippen molar-refractivity contribution in [2.75, 3.05) is 27.7 Å². The molecule has 2 N–H and O–H groups in total. The number of nitrogens with zero attached hydrogens (tertiary/aromatic N) is 2. The molecule has 0 unspecified atom stereocenters. The van der Waals surface area contributed by atoms with E-state index in [4.69, 9.17) is 4.74 Å². The van der Waals surface area contributed by atoms with Crippen molar-refractivity contribution in [1.29, 1.82) is 0 Å². The quantitative estimate of drug-likeness (QED) is 0.351. The van der Waals surface area contributed by atoms with Crippen LogP contribution in [0.4, 0.5) is 0 Å². The van der Waals surface area contributed by atoms with Crippen molar-refractivity contribution in [2.24, 2.45) is 4.99 Å². The van der Waals surface area contributed by atoms with E-state index in [1.807, 2.05) is 55.5 Å². The van der Waals surface area contributed by atoms with Crippen LogP contribution in [-0.2, 0) is 13.1 Å². The number of hydrogen-bond acceptors (Lipinski definition) is 3. The van der Waals surface area contributed by atoms with Crippen LogP contribution in [0, 0.1) is 0 Å². The number of ether oxygens (including phenoxy) is 1. The number of rotatable bonds is 7. The third kappa shape index (κ3) is 7.38. The predicted molar refractivity (Wildman–Crippen MR) is 125 cm³/mol. The lowest BCUT2D eigenvalue weighted by molar-refractivity contribution is 0.0827. The number of guanidine groups is 1. The Kier molecular flexibility index (Phi) is 10.4. The lowest BCUT2D eigenvalue weighted by Gasteiger charge is -2.13. The average molecular weight is 496 g/mol. The third-order valence-electron chi connectivity index (χ3n) is 3.99. The zero-order valence-electron chi connectivity index (χ0n) is 16.9. The molecule has 0 radical (unpaired) electrons. The van der Waals surface area contributed by atoms with Crippen LogP contribution in [0.25, 0.3) is 0 Å². The fraction of sp³-hybridized carbons (Fsp3) is 0.333. The van der Waals surface area contributed by atoms with Gasteiger partial charge in [-0.15, -0.1) is 24.0 Å². The summed E-state index contributed by atoms with van der Waals surface area (Å²) in [7, 11) is 5.16. The molecule has 2 aromatic carbocycles. The van der Waals surface area contributed by atoms with Gasteiger partial charge in [0, 0.05) is 32.7 Å². The number of amides is 1. The molecular weight excluding hydrogens is 467 g/mol. The molecule has 2 aromatic rings. The number of aliphatic imine (C=N–C) groups is 1. The third-order valence-corrected chi connectivity index (χ3v) is 3.99. The summed E-state index contributed by atoms with van der Waals surface area (Å²) in [6.07, 6.45) is 0. The second-order valence-corrected chi connectivity index (χ2v) is 6.29. The highest BCUT2D eigenvalue weighted by molar-refractivity contribution is 14.0. The standard InChI is InChI=1S/C21H28N4O2.HI/c1-5-22-21(24-15-17-8-12-19(27-4)13-9-17)23-14-16-6-10-18(11-7-16)20(26)25(2)3;/h6-13H,5,14-15H2,1-4H3,(H2,22,23,24);1H. The molecule has 2 rings (SSSR count). The van der Waals surface area contributed by atoms with Gasteiger partial charge in [-0.3, -0.25) is 4.79 Å². The Morgan fingerprint density at radius 1 is 1.00 bits per heavy atom. The number of nitrogens with one attached hydrogen (secondary N) is 2. The summed E-state index contributed by atoms with van der Waals surface area (Å²) in [6.45, 7) is 4.03. The van der Waals surface area contributed by atoms with Crippen molar-refractivity contribution in [3.8, 4) is 5.75 Å². The molecule has 0 fully saturated rings. The van der Waals surface area contributed by atoms with E-state index < -0.39 is 0 Å². The number of halogens is 1. The largest absolute Gasteiger partial charge is 0.497 e. The zero-order chi connectivity index (χ0) is 19.6. The fourth-order valence-corrected chi connectivity index (χ4v) is 2.45. The first-order valence-corrected chi connectivity index (χ1v) is 8.99. The average Bonchev–Trinajstić information content (AvgIpc) is 2.70. The van der Waals surface area contributed by atoms with Gasteiger partial charge in [-0.2, -0.15) is 0 Å². The molecule has 0 saturated heterocycles. The maximum Gasteiger partial charge on any atom is 0.253 e. The molecule has 0 aliphatic rings. The Labute approximate surface area is 184 Å². The van der Waals surface area contributed by atoms with Gasteiger partial charge in [-0.25, -0.2) is 4.99 Å². The fourth-order valence-electron chi connectivity index (χ4n) is 2.45. The second-order valence-electron chi connectivity index (χ2n) is 6.29. The van der Waals surface area contributed by atoms with Crippen LogP contribution in [0.3, 0.4) is 0 Å². The second kappa shape index (κ2) is 12.2. The van der Waals surface area contributed by atoms with Crippen molar-refractivity contribution < 1.29 is 9.53 Å². The number of hydrogen-bond donors (Lipinski definition) is 2. The van der Waals surface area contributed by atoms with Gasteiger partial charge in [0.25, 0.3) is 5.91 Å². The van der Waals surface area contributed by atoms with E-state index >= 15 is 0 Å². The Balaban J connectivity index is 0.00000392. The summed E-state index contributed by atoms with van der Waals surface area (Å²) in [5.41, 5.74) is 2.88. The van der Waals surface area contributed by atoms with Gasteiger partial charge in [-0.1, -0.05) is 24.3 Å². The van der Waals surface area contributed by atoms with Crippen molar-refractivity contribution in [3.63, 3.8) is 0 Å². The molecule has 152 valence electrons. The zero-order valence-corrected chi connectivity index (χ0v) is 19.2. The van der Waals surface area contributed by atoms with Gasteiger partial charge in [0.15, 0.2) is 5.96 Å². The number of carbonyl (C=O) groups is 1. The van der Waals surface area contributed by atoms with Crippen LogP contribution < -0.4 is 15.4 Å². The lowest BCUT2D eigenvalue weighted by Crippen LogP contribution is -2.36. The molecule has 28 heavy (non-hydrogen) atoms. The Hall–Kier alpha value is -2.29. The van der Waals surface area contributed by atoms with Gasteiger partial charge in [0.2, 0.25) is 0 Å². The van der Waals surface area contributed by atoms with Crippen molar-refractivity contribution >= 4 is 35.8 Å². The molecule has 0 saturated carbocycles. The highest BCUT2D eigenvalue weighted by atomic mass is 127. The summed E-state index contributed by atoms with van der Waals surface area (Å²) in [5, 5.41) is 6.56. The van der Waals surface area contributed by atoms with E-state index in [0.717, 1.165) is 29.4 Å². The molecule has 0 aromatic heterocycles. The SMILES string of the molecule is CCNC(=NCc1ccc(OC)cc1)NCc1ccc(C(=O)N(C)C)cc1.I. The smallest absolute Gasteiger partial charge is 0.253 e. The normalized spacial score (nSPS) is 10.6. The molecule has 0 atom stereocenters. The maximum atomic E-state index is 11.9. The summed E-state index contributed by atoms with van der Waals surface area (Å²) in [5.74, 6) is 1.59. The molecule has 1 amide bonds. The molecule has 0 bridgehead atoms. The van der Waals surface area contributed by atoms with Crippen LogP contribution in [0.5, 0.6) is 5.75 Å². The summed E-state index contributed by atoms with van der Waals surface area (Å²) in [6, 6.07) is 15.5. The number of methoxy groups -OCH3 is 1.